The maximum Gasteiger partial charge on any atom is 0.244 e. The van der Waals surface area contributed by atoms with E-state index in [4.69, 9.17) is 0 Å². The van der Waals surface area contributed by atoms with Gasteiger partial charge in [0.25, 0.3) is 0 Å². The zero-order valence-electron chi connectivity index (χ0n) is 10.6. The molecule has 0 N–H and O–H groups in total. The standard InChI is InChI=1S/C15H14N2OS/c1-17(11-13-8-5-9-19-13)15(18)14(10-16)12-6-3-2-4-7-12/h2-9,14H,11H2,1H3. The minimum atomic E-state index is -0.730. The van der Waals surface area contributed by atoms with E-state index in [9.17, 15) is 10.1 Å². The molecule has 0 aliphatic rings. The van der Waals surface area contributed by atoms with Crippen LogP contribution in [0.5, 0.6) is 0 Å². The maximum absolute atomic E-state index is 12.3. The second-order valence-electron chi connectivity index (χ2n) is 4.25. The molecule has 4 heteroatoms. The van der Waals surface area contributed by atoms with Crippen LogP contribution in [0.2, 0.25) is 0 Å². The van der Waals surface area contributed by atoms with Crippen LogP contribution in [0.4, 0.5) is 0 Å². The lowest BCUT2D eigenvalue weighted by atomic mass is 9.99. The van der Waals surface area contributed by atoms with E-state index < -0.39 is 5.92 Å². The van der Waals surface area contributed by atoms with Crippen LogP contribution in [-0.2, 0) is 11.3 Å². The van der Waals surface area contributed by atoms with Gasteiger partial charge in [0.15, 0.2) is 0 Å². The number of benzene rings is 1. The molecule has 1 unspecified atom stereocenters. The van der Waals surface area contributed by atoms with E-state index in [2.05, 4.69) is 6.07 Å². The van der Waals surface area contributed by atoms with Crippen molar-refractivity contribution in [1.82, 2.24) is 4.90 Å². The Morgan fingerprint density at radius 3 is 2.63 bits per heavy atom. The van der Waals surface area contributed by atoms with Crippen molar-refractivity contribution in [3.8, 4) is 6.07 Å². The number of nitriles is 1. The number of likely N-dealkylation sites (N-methyl/N-ethyl adjacent to an activating group) is 1. The first-order chi connectivity index (χ1) is 9.22. The molecule has 0 aliphatic carbocycles. The monoisotopic (exact) mass is 270 g/mol. The van der Waals surface area contributed by atoms with Gasteiger partial charge in [0.1, 0.15) is 5.92 Å². The van der Waals surface area contributed by atoms with Crippen LogP contribution < -0.4 is 0 Å². The van der Waals surface area contributed by atoms with Crippen molar-refractivity contribution in [2.24, 2.45) is 0 Å². The summed E-state index contributed by atoms with van der Waals surface area (Å²) in [7, 11) is 1.73. The molecule has 1 aromatic heterocycles. The summed E-state index contributed by atoms with van der Waals surface area (Å²) in [5, 5.41) is 11.2. The Balaban J connectivity index is 2.11. The molecule has 3 nitrogen and oxygen atoms in total. The zero-order valence-corrected chi connectivity index (χ0v) is 11.4. The quantitative estimate of drug-likeness (QED) is 0.857. The minimum absolute atomic E-state index is 0.165. The molecule has 0 radical (unpaired) electrons. The van der Waals surface area contributed by atoms with Crippen molar-refractivity contribution < 1.29 is 4.79 Å². The molecule has 2 aromatic rings. The highest BCUT2D eigenvalue weighted by Gasteiger charge is 2.23. The lowest BCUT2D eigenvalue weighted by molar-refractivity contribution is -0.130. The molecule has 0 spiro atoms. The van der Waals surface area contributed by atoms with Gasteiger partial charge in [-0.25, -0.2) is 0 Å². The second kappa shape index (κ2) is 6.17. The molecule has 1 atom stereocenters. The third kappa shape index (κ3) is 3.21. The Labute approximate surface area is 116 Å². The molecule has 0 aliphatic heterocycles. The summed E-state index contributed by atoms with van der Waals surface area (Å²) >= 11 is 1.61. The summed E-state index contributed by atoms with van der Waals surface area (Å²) < 4.78 is 0. The van der Waals surface area contributed by atoms with Crippen molar-refractivity contribution in [3.05, 3.63) is 58.3 Å². The third-order valence-electron chi connectivity index (χ3n) is 2.86. The van der Waals surface area contributed by atoms with Crippen LogP contribution >= 0.6 is 11.3 Å². The Hall–Kier alpha value is -2.12. The number of hydrogen-bond acceptors (Lipinski definition) is 3. The van der Waals surface area contributed by atoms with Crippen molar-refractivity contribution in [2.75, 3.05) is 7.05 Å². The molecule has 96 valence electrons. The summed E-state index contributed by atoms with van der Waals surface area (Å²) in [6.07, 6.45) is 0. The number of amides is 1. The third-order valence-corrected chi connectivity index (χ3v) is 3.72. The molecule has 19 heavy (non-hydrogen) atoms. The predicted molar refractivity (Wildman–Crippen MR) is 75.6 cm³/mol. The number of nitrogens with zero attached hydrogens (tertiary/aromatic N) is 2. The summed E-state index contributed by atoms with van der Waals surface area (Å²) in [6, 6.07) is 15.2. The lowest BCUT2D eigenvalue weighted by Crippen LogP contribution is -2.30. The van der Waals surface area contributed by atoms with Gasteiger partial charge < -0.3 is 4.90 Å². The molecular formula is C15H14N2OS. The summed E-state index contributed by atoms with van der Waals surface area (Å²) in [4.78, 5) is 15.0. The van der Waals surface area contributed by atoms with Gasteiger partial charge >= 0.3 is 0 Å². The number of thiophene rings is 1. The first-order valence-corrected chi connectivity index (χ1v) is 6.82. The number of carbonyl (C=O) groups excluding carboxylic acids is 1. The Morgan fingerprint density at radius 2 is 2.05 bits per heavy atom. The SMILES string of the molecule is CN(Cc1cccs1)C(=O)C(C#N)c1ccccc1. The lowest BCUT2D eigenvalue weighted by Gasteiger charge is -2.19. The summed E-state index contributed by atoms with van der Waals surface area (Å²) in [5.41, 5.74) is 0.744. The predicted octanol–water partition coefficient (Wildman–Crippen LogP) is 3.01. The fourth-order valence-corrected chi connectivity index (χ4v) is 2.61. The normalized spacial score (nSPS) is 11.6. The number of rotatable bonds is 4. The van der Waals surface area contributed by atoms with Gasteiger partial charge in [-0.3, -0.25) is 4.79 Å². The molecule has 0 saturated carbocycles. The van der Waals surface area contributed by atoms with E-state index in [0.29, 0.717) is 6.54 Å². The highest BCUT2D eigenvalue weighted by molar-refractivity contribution is 7.09. The maximum atomic E-state index is 12.3. The van der Waals surface area contributed by atoms with Crippen molar-refractivity contribution in [2.45, 2.75) is 12.5 Å². The minimum Gasteiger partial charge on any atom is -0.339 e. The van der Waals surface area contributed by atoms with E-state index in [0.717, 1.165) is 10.4 Å². The van der Waals surface area contributed by atoms with Gasteiger partial charge in [-0.15, -0.1) is 11.3 Å². The van der Waals surface area contributed by atoms with E-state index in [1.807, 2.05) is 47.8 Å². The largest absolute Gasteiger partial charge is 0.339 e. The molecule has 0 fully saturated rings. The smallest absolute Gasteiger partial charge is 0.244 e. The van der Waals surface area contributed by atoms with Gasteiger partial charge in [-0.1, -0.05) is 36.4 Å². The molecule has 0 bridgehead atoms. The average molecular weight is 270 g/mol. The van der Waals surface area contributed by atoms with Gasteiger partial charge in [0, 0.05) is 11.9 Å². The Morgan fingerprint density at radius 1 is 1.32 bits per heavy atom. The molecular weight excluding hydrogens is 256 g/mol. The number of carbonyl (C=O) groups is 1. The molecule has 1 amide bonds. The first kappa shape index (κ1) is 13.3. The van der Waals surface area contributed by atoms with Crippen LogP contribution in [0.15, 0.2) is 47.8 Å². The van der Waals surface area contributed by atoms with Crippen molar-refractivity contribution in [1.29, 1.82) is 5.26 Å². The van der Waals surface area contributed by atoms with Gasteiger partial charge in [0.2, 0.25) is 5.91 Å². The second-order valence-corrected chi connectivity index (χ2v) is 5.28. The van der Waals surface area contributed by atoms with Crippen LogP contribution in [0.1, 0.15) is 16.4 Å². The van der Waals surface area contributed by atoms with Crippen LogP contribution in [0.3, 0.4) is 0 Å². The Kier molecular flexibility index (Phi) is 4.32. The summed E-state index contributed by atoms with van der Waals surface area (Å²) in [5.74, 6) is -0.895. The highest BCUT2D eigenvalue weighted by Crippen LogP contribution is 2.19. The first-order valence-electron chi connectivity index (χ1n) is 5.94. The average Bonchev–Trinajstić information content (AvgIpc) is 2.93. The Bertz CT molecular complexity index is 572. The summed E-state index contributed by atoms with van der Waals surface area (Å²) in [6.45, 7) is 0.543. The van der Waals surface area contributed by atoms with Gasteiger partial charge in [0.05, 0.1) is 12.6 Å². The topological polar surface area (TPSA) is 44.1 Å². The van der Waals surface area contributed by atoms with Crippen molar-refractivity contribution in [3.63, 3.8) is 0 Å². The van der Waals surface area contributed by atoms with E-state index in [1.165, 1.54) is 0 Å². The molecule has 1 heterocycles. The fourth-order valence-electron chi connectivity index (χ4n) is 1.85. The van der Waals surface area contributed by atoms with Crippen LogP contribution in [0.25, 0.3) is 0 Å². The van der Waals surface area contributed by atoms with E-state index >= 15 is 0 Å². The van der Waals surface area contributed by atoms with Crippen LogP contribution in [-0.4, -0.2) is 17.9 Å². The van der Waals surface area contributed by atoms with E-state index in [1.54, 1.807) is 23.3 Å². The van der Waals surface area contributed by atoms with Gasteiger partial charge in [-0.2, -0.15) is 5.26 Å². The molecule has 0 saturated heterocycles. The van der Waals surface area contributed by atoms with Crippen LogP contribution in [0, 0.1) is 11.3 Å². The molecule has 1 aromatic carbocycles. The van der Waals surface area contributed by atoms with Crippen molar-refractivity contribution >= 4 is 17.2 Å². The highest BCUT2D eigenvalue weighted by atomic mass is 32.1. The number of hydrogen-bond donors (Lipinski definition) is 0. The fraction of sp³-hybridized carbons (Fsp3) is 0.200. The van der Waals surface area contributed by atoms with E-state index in [-0.39, 0.29) is 5.91 Å². The molecule has 2 rings (SSSR count). The zero-order chi connectivity index (χ0) is 13.7. The van der Waals surface area contributed by atoms with Gasteiger partial charge in [-0.05, 0) is 17.0 Å².